The lowest BCUT2D eigenvalue weighted by Crippen LogP contribution is -2.08. The summed E-state index contributed by atoms with van der Waals surface area (Å²) in [6, 6.07) is 5.58. The molecule has 0 aliphatic heterocycles. The smallest absolute Gasteiger partial charge is 0.0620 e. The van der Waals surface area contributed by atoms with Crippen LogP contribution < -0.4 is 5.73 Å². The van der Waals surface area contributed by atoms with E-state index in [1.165, 1.54) is 0 Å². The van der Waals surface area contributed by atoms with Crippen LogP contribution in [0.2, 0.25) is 0 Å². The fourth-order valence-corrected chi connectivity index (χ4v) is 2.37. The quantitative estimate of drug-likeness (QED) is 0.615. The molecule has 0 fully saturated rings. The molecule has 2 N–H and O–H groups in total. The van der Waals surface area contributed by atoms with Crippen LogP contribution in [-0.2, 0) is 15.5 Å². The van der Waals surface area contributed by atoms with Crippen molar-refractivity contribution >= 4 is 16.5 Å². The zero-order valence-corrected chi connectivity index (χ0v) is 9.97. The number of nitrogens with two attached hydrogens (primary N) is 1. The molecule has 0 aromatic heterocycles. The van der Waals surface area contributed by atoms with Gasteiger partial charge in [0, 0.05) is 12.3 Å². The van der Waals surface area contributed by atoms with Gasteiger partial charge in [-0.05, 0) is 31.5 Å². The minimum atomic E-state index is -1.06. The maximum absolute atomic E-state index is 11.8. The summed E-state index contributed by atoms with van der Waals surface area (Å²) in [4.78, 5) is 0.717. The van der Waals surface area contributed by atoms with Crippen molar-refractivity contribution in [2.75, 3.05) is 24.7 Å². The predicted octanol–water partition coefficient (Wildman–Crippen LogP) is 1.72. The molecule has 3 nitrogen and oxygen atoms in total. The van der Waals surface area contributed by atoms with E-state index < -0.39 is 10.8 Å². The van der Waals surface area contributed by atoms with E-state index in [-0.39, 0.29) is 0 Å². The number of hydrogen-bond donors (Lipinski definition) is 1. The van der Waals surface area contributed by atoms with E-state index in [9.17, 15) is 4.21 Å². The molecule has 15 heavy (non-hydrogen) atoms. The second kappa shape index (κ2) is 5.88. The van der Waals surface area contributed by atoms with E-state index in [4.69, 9.17) is 10.5 Å². The summed E-state index contributed by atoms with van der Waals surface area (Å²) < 4.78 is 17.0. The van der Waals surface area contributed by atoms with E-state index in [1.807, 2.05) is 26.0 Å². The van der Waals surface area contributed by atoms with Gasteiger partial charge in [0.05, 0.1) is 28.1 Å². The third-order valence-corrected chi connectivity index (χ3v) is 3.41. The molecular formula is C11H17NO2S. The maximum atomic E-state index is 11.8. The minimum absolute atomic E-state index is 0.501. The summed E-state index contributed by atoms with van der Waals surface area (Å²) >= 11 is 0. The van der Waals surface area contributed by atoms with Crippen LogP contribution in [0.25, 0.3) is 0 Å². The molecule has 0 radical (unpaired) electrons. The second-order valence-electron chi connectivity index (χ2n) is 3.29. The number of anilines is 1. The monoisotopic (exact) mass is 227 g/mol. The van der Waals surface area contributed by atoms with Gasteiger partial charge in [-0.3, -0.25) is 4.21 Å². The molecule has 0 aliphatic rings. The Labute approximate surface area is 93.1 Å². The van der Waals surface area contributed by atoms with Gasteiger partial charge >= 0.3 is 0 Å². The summed E-state index contributed by atoms with van der Waals surface area (Å²) in [5, 5.41) is 0. The van der Waals surface area contributed by atoms with Crippen LogP contribution in [0.3, 0.4) is 0 Å². The van der Waals surface area contributed by atoms with Gasteiger partial charge in [0.1, 0.15) is 0 Å². The van der Waals surface area contributed by atoms with Gasteiger partial charge < -0.3 is 10.5 Å². The highest BCUT2D eigenvalue weighted by Gasteiger charge is 2.07. The van der Waals surface area contributed by atoms with Crippen molar-refractivity contribution in [3.63, 3.8) is 0 Å². The average molecular weight is 227 g/mol. The highest BCUT2D eigenvalue weighted by Crippen LogP contribution is 2.17. The van der Waals surface area contributed by atoms with Gasteiger partial charge in [-0.15, -0.1) is 0 Å². The number of hydrogen-bond acceptors (Lipinski definition) is 3. The molecule has 1 aromatic rings. The van der Waals surface area contributed by atoms with Crippen molar-refractivity contribution in [1.82, 2.24) is 0 Å². The van der Waals surface area contributed by atoms with Crippen LogP contribution in [-0.4, -0.2) is 23.2 Å². The molecular weight excluding hydrogens is 210 g/mol. The molecule has 4 heteroatoms. The van der Waals surface area contributed by atoms with Gasteiger partial charge in [0.15, 0.2) is 0 Å². The fourth-order valence-electron chi connectivity index (χ4n) is 1.23. The Morgan fingerprint density at radius 3 is 2.87 bits per heavy atom. The van der Waals surface area contributed by atoms with Crippen molar-refractivity contribution in [2.24, 2.45) is 0 Å². The van der Waals surface area contributed by atoms with E-state index in [0.29, 0.717) is 24.7 Å². The van der Waals surface area contributed by atoms with Crippen molar-refractivity contribution in [3.05, 3.63) is 23.8 Å². The van der Waals surface area contributed by atoms with Crippen molar-refractivity contribution in [3.8, 4) is 0 Å². The Hall–Kier alpha value is -0.870. The van der Waals surface area contributed by atoms with Crippen molar-refractivity contribution < 1.29 is 8.95 Å². The van der Waals surface area contributed by atoms with Gasteiger partial charge in [0.2, 0.25) is 0 Å². The summed E-state index contributed by atoms with van der Waals surface area (Å²) in [5.74, 6) is 0.501. The first-order valence-corrected chi connectivity index (χ1v) is 6.29. The topological polar surface area (TPSA) is 52.3 Å². The van der Waals surface area contributed by atoms with Gasteiger partial charge in [0.25, 0.3) is 0 Å². The van der Waals surface area contributed by atoms with Gasteiger partial charge in [-0.1, -0.05) is 6.07 Å². The molecule has 1 rings (SSSR count). The highest BCUT2D eigenvalue weighted by atomic mass is 32.2. The minimum Gasteiger partial charge on any atom is -0.398 e. The van der Waals surface area contributed by atoms with Crippen LogP contribution in [0, 0.1) is 6.92 Å². The third kappa shape index (κ3) is 3.64. The van der Waals surface area contributed by atoms with E-state index >= 15 is 0 Å². The molecule has 0 heterocycles. The Kier molecular flexibility index (Phi) is 4.78. The molecule has 0 aliphatic carbocycles. The van der Waals surface area contributed by atoms with Crippen LogP contribution in [0.4, 0.5) is 5.69 Å². The van der Waals surface area contributed by atoms with Crippen LogP contribution in [0.15, 0.2) is 23.1 Å². The van der Waals surface area contributed by atoms with Gasteiger partial charge in [-0.2, -0.15) is 0 Å². The highest BCUT2D eigenvalue weighted by molar-refractivity contribution is 7.85. The van der Waals surface area contributed by atoms with Crippen LogP contribution in [0.5, 0.6) is 0 Å². The number of rotatable bonds is 5. The molecule has 0 bridgehead atoms. The zero-order valence-electron chi connectivity index (χ0n) is 9.16. The molecule has 1 unspecified atom stereocenters. The molecule has 0 saturated heterocycles. The Balaban J connectivity index is 2.68. The lowest BCUT2D eigenvalue weighted by Gasteiger charge is -2.06. The molecule has 84 valence electrons. The molecule has 0 spiro atoms. The summed E-state index contributed by atoms with van der Waals surface area (Å²) in [7, 11) is -1.06. The largest absolute Gasteiger partial charge is 0.398 e. The summed E-state index contributed by atoms with van der Waals surface area (Å²) in [6.07, 6.45) is 0. The van der Waals surface area contributed by atoms with E-state index in [2.05, 4.69) is 0 Å². The predicted molar refractivity (Wildman–Crippen MR) is 63.4 cm³/mol. The molecule has 0 saturated carbocycles. The Morgan fingerprint density at radius 1 is 1.47 bits per heavy atom. The van der Waals surface area contributed by atoms with Crippen LogP contribution in [0.1, 0.15) is 12.5 Å². The number of benzene rings is 1. The normalized spacial score (nSPS) is 12.7. The molecule has 1 aromatic carbocycles. The first-order valence-electron chi connectivity index (χ1n) is 4.97. The first-order chi connectivity index (χ1) is 7.15. The Morgan fingerprint density at radius 2 is 2.20 bits per heavy atom. The van der Waals surface area contributed by atoms with Gasteiger partial charge in [-0.25, -0.2) is 0 Å². The fraction of sp³-hybridized carbons (Fsp3) is 0.455. The number of nitrogen functional groups attached to an aromatic ring is 1. The molecule has 1 atom stereocenters. The van der Waals surface area contributed by atoms with E-state index in [1.54, 1.807) is 6.07 Å². The second-order valence-corrected chi connectivity index (χ2v) is 4.83. The third-order valence-electron chi connectivity index (χ3n) is 2.03. The first kappa shape index (κ1) is 12.2. The number of ether oxygens (including phenoxy) is 1. The van der Waals surface area contributed by atoms with Crippen molar-refractivity contribution in [1.29, 1.82) is 0 Å². The average Bonchev–Trinajstić information content (AvgIpc) is 2.22. The number of aryl methyl sites for hydroxylation is 1. The van der Waals surface area contributed by atoms with E-state index in [0.717, 1.165) is 10.5 Å². The SMILES string of the molecule is CCOCCS(=O)c1cc(C)ccc1N. The standard InChI is InChI=1S/C11H17NO2S/c1-3-14-6-7-15(13)11-8-9(2)4-5-10(11)12/h4-5,8H,3,6-7,12H2,1-2H3. The lowest BCUT2D eigenvalue weighted by atomic mass is 10.2. The Bertz CT molecular complexity index is 352. The summed E-state index contributed by atoms with van der Waals surface area (Å²) in [6.45, 7) is 5.05. The van der Waals surface area contributed by atoms with Crippen molar-refractivity contribution in [2.45, 2.75) is 18.7 Å². The zero-order chi connectivity index (χ0) is 11.3. The summed E-state index contributed by atoms with van der Waals surface area (Å²) in [5.41, 5.74) is 7.43. The maximum Gasteiger partial charge on any atom is 0.0620 e. The lowest BCUT2D eigenvalue weighted by molar-refractivity contribution is 0.164. The molecule has 0 amide bonds. The van der Waals surface area contributed by atoms with Crippen LogP contribution >= 0.6 is 0 Å².